The SMILES string of the molecule is CCCCOC1CCCC(N)(C(=O)OC)C1.Cl. The predicted molar refractivity (Wildman–Crippen MR) is 69.3 cm³/mol. The van der Waals surface area contributed by atoms with E-state index >= 15 is 0 Å². The monoisotopic (exact) mass is 265 g/mol. The van der Waals surface area contributed by atoms with Gasteiger partial charge in [-0.1, -0.05) is 13.3 Å². The number of ether oxygens (including phenoxy) is 2. The van der Waals surface area contributed by atoms with E-state index in [1.165, 1.54) is 7.11 Å². The maximum absolute atomic E-state index is 11.6. The van der Waals surface area contributed by atoms with Crippen molar-refractivity contribution in [3.63, 3.8) is 0 Å². The lowest BCUT2D eigenvalue weighted by atomic mass is 9.81. The number of unbranched alkanes of at least 4 members (excludes halogenated alkanes) is 1. The van der Waals surface area contributed by atoms with E-state index < -0.39 is 5.54 Å². The highest BCUT2D eigenvalue weighted by atomic mass is 35.5. The smallest absolute Gasteiger partial charge is 0.325 e. The molecule has 0 bridgehead atoms. The highest BCUT2D eigenvalue weighted by Gasteiger charge is 2.40. The van der Waals surface area contributed by atoms with E-state index in [1.54, 1.807) is 0 Å². The molecule has 17 heavy (non-hydrogen) atoms. The maximum atomic E-state index is 11.6. The third-order valence-corrected chi connectivity index (χ3v) is 3.18. The summed E-state index contributed by atoms with van der Waals surface area (Å²) in [6, 6.07) is 0. The molecular weight excluding hydrogens is 242 g/mol. The number of hydrogen-bond donors (Lipinski definition) is 1. The average molecular weight is 266 g/mol. The molecule has 2 N–H and O–H groups in total. The highest BCUT2D eigenvalue weighted by molar-refractivity contribution is 5.85. The van der Waals surface area contributed by atoms with Gasteiger partial charge in [0.15, 0.2) is 0 Å². The summed E-state index contributed by atoms with van der Waals surface area (Å²) < 4.78 is 10.5. The van der Waals surface area contributed by atoms with Gasteiger partial charge in [0.2, 0.25) is 0 Å². The summed E-state index contributed by atoms with van der Waals surface area (Å²) in [5, 5.41) is 0. The van der Waals surface area contributed by atoms with Crippen LogP contribution in [0.2, 0.25) is 0 Å². The molecular formula is C12H24ClNO3. The maximum Gasteiger partial charge on any atom is 0.325 e. The standard InChI is InChI=1S/C12H23NO3.ClH/c1-3-4-8-16-10-6-5-7-12(13,9-10)11(14)15-2;/h10H,3-9,13H2,1-2H3;1H. The molecule has 4 nitrogen and oxygen atoms in total. The van der Waals surface area contributed by atoms with Crippen LogP contribution < -0.4 is 5.73 Å². The Balaban J connectivity index is 0.00000256. The Morgan fingerprint density at radius 3 is 2.82 bits per heavy atom. The summed E-state index contributed by atoms with van der Waals surface area (Å²) >= 11 is 0. The molecule has 2 atom stereocenters. The van der Waals surface area contributed by atoms with Crippen molar-refractivity contribution in [2.24, 2.45) is 5.73 Å². The van der Waals surface area contributed by atoms with Gasteiger partial charge >= 0.3 is 5.97 Å². The number of rotatable bonds is 5. The highest BCUT2D eigenvalue weighted by Crippen LogP contribution is 2.29. The summed E-state index contributed by atoms with van der Waals surface area (Å²) in [4.78, 5) is 11.6. The molecule has 1 fully saturated rings. The summed E-state index contributed by atoms with van der Waals surface area (Å²) in [6.45, 7) is 2.89. The van der Waals surface area contributed by atoms with Gasteiger partial charge in [0.1, 0.15) is 5.54 Å². The molecule has 1 aliphatic rings. The number of carbonyl (C=O) groups is 1. The van der Waals surface area contributed by atoms with Crippen molar-refractivity contribution in [3.8, 4) is 0 Å². The van der Waals surface area contributed by atoms with Gasteiger partial charge in [0.25, 0.3) is 0 Å². The third kappa shape index (κ3) is 4.82. The number of esters is 1. The molecule has 0 saturated heterocycles. The Hall–Kier alpha value is -0.320. The molecule has 0 aliphatic heterocycles. The van der Waals surface area contributed by atoms with Gasteiger partial charge in [-0.3, -0.25) is 4.79 Å². The molecule has 1 aliphatic carbocycles. The van der Waals surface area contributed by atoms with Gasteiger partial charge in [0, 0.05) is 13.0 Å². The van der Waals surface area contributed by atoms with E-state index in [9.17, 15) is 4.79 Å². The first kappa shape index (κ1) is 16.7. The second-order valence-electron chi connectivity index (χ2n) is 4.59. The first-order valence-electron chi connectivity index (χ1n) is 6.11. The molecule has 0 aromatic heterocycles. The molecule has 0 amide bonds. The van der Waals surface area contributed by atoms with Crippen LogP contribution in [0.15, 0.2) is 0 Å². The summed E-state index contributed by atoms with van der Waals surface area (Å²) in [6.07, 6.45) is 5.52. The molecule has 5 heteroatoms. The van der Waals surface area contributed by atoms with E-state index in [0.29, 0.717) is 12.8 Å². The van der Waals surface area contributed by atoms with Gasteiger partial charge in [-0.15, -0.1) is 12.4 Å². The minimum absolute atomic E-state index is 0. The van der Waals surface area contributed by atoms with E-state index in [-0.39, 0.29) is 24.5 Å². The second kappa shape index (κ2) is 7.90. The van der Waals surface area contributed by atoms with Crippen LogP contribution in [0.1, 0.15) is 45.4 Å². The normalized spacial score (nSPS) is 28.3. The topological polar surface area (TPSA) is 61.5 Å². The minimum atomic E-state index is -0.829. The van der Waals surface area contributed by atoms with Crippen LogP contribution in [0.5, 0.6) is 0 Å². The van der Waals surface area contributed by atoms with Crippen molar-refractivity contribution in [1.29, 1.82) is 0 Å². The number of methoxy groups -OCH3 is 1. The molecule has 102 valence electrons. The van der Waals surface area contributed by atoms with Crippen molar-refractivity contribution < 1.29 is 14.3 Å². The molecule has 0 aromatic carbocycles. The fourth-order valence-corrected chi connectivity index (χ4v) is 2.18. The number of halogens is 1. The zero-order valence-electron chi connectivity index (χ0n) is 10.7. The van der Waals surface area contributed by atoms with E-state index in [2.05, 4.69) is 6.92 Å². The van der Waals surface area contributed by atoms with Crippen molar-refractivity contribution in [2.45, 2.75) is 57.1 Å². The van der Waals surface area contributed by atoms with Crippen LogP contribution in [-0.4, -0.2) is 31.3 Å². The average Bonchev–Trinajstić information content (AvgIpc) is 2.28. The van der Waals surface area contributed by atoms with Crippen LogP contribution in [0.3, 0.4) is 0 Å². The van der Waals surface area contributed by atoms with E-state index in [4.69, 9.17) is 15.2 Å². The molecule has 1 rings (SSSR count). The zero-order valence-corrected chi connectivity index (χ0v) is 11.6. The molecule has 2 unspecified atom stereocenters. The molecule has 0 aromatic rings. The van der Waals surface area contributed by atoms with Gasteiger partial charge in [-0.2, -0.15) is 0 Å². The molecule has 1 saturated carbocycles. The first-order chi connectivity index (χ1) is 7.62. The van der Waals surface area contributed by atoms with Gasteiger partial charge in [-0.25, -0.2) is 0 Å². The largest absolute Gasteiger partial charge is 0.468 e. The van der Waals surface area contributed by atoms with E-state index in [1.807, 2.05) is 0 Å². The van der Waals surface area contributed by atoms with Crippen LogP contribution >= 0.6 is 12.4 Å². The van der Waals surface area contributed by atoms with Crippen molar-refractivity contribution in [3.05, 3.63) is 0 Å². The van der Waals surface area contributed by atoms with E-state index in [0.717, 1.165) is 32.3 Å². The Labute approximate surface area is 110 Å². The van der Waals surface area contributed by atoms with Crippen molar-refractivity contribution in [2.75, 3.05) is 13.7 Å². The lowest BCUT2D eigenvalue weighted by molar-refractivity contribution is -0.150. The Morgan fingerprint density at radius 1 is 1.53 bits per heavy atom. The second-order valence-corrected chi connectivity index (χ2v) is 4.59. The van der Waals surface area contributed by atoms with Gasteiger partial charge < -0.3 is 15.2 Å². The lowest BCUT2D eigenvalue weighted by Gasteiger charge is -2.35. The van der Waals surface area contributed by atoms with Crippen LogP contribution in [-0.2, 0) is 14.3 Å². The number of carbonyl (C=O) groups excluding carboxylic acids is 1. The Bertz CT molecular complexity index is 238. The van der Waals surface area contributed by atoms with Crippen LogP contribution in [0, 0.1) is 0 Å². The molecule has 0 spiro atoms. The van der Waals surface area contributed by atoms with Gasteiger partial charge in [0.05, 0.1) is 13.2 Å². The fraction of sp³-hybridized carbons (Fsp3) is 0.917. The number of nitrogens with two attached hydrogens (primary N) is 1. The fourth-order valence-electron chi connectivity index (χ4n) is 2.18. The lowest BCUT2D eigenvalue weighted by Crippen LogP contribution is -2.53. The minimum Gasteiger partial charge on any atom is -0.468 e. The first-order valence-corrected chi connectivity index (χ1v) is 6.11. The third-order valence-electron chi connectivity index (χ3n) is 3.18. The zero-order chi connectivity index (χ0) is 12.0. The van der Waals surface area contributed by atoms with Crippen LogP contribution in [0.25, 0.3) is 0 Å². The van der Waals surface area contributed by atoms with Gasteiger partial charge in [-0.05, 0) is 25.7 Å². The Kier molecular flexibility index (Phi) is 7.75. The van der Waals surface area contributed by atoms with Crippen molar-refractivity contribution in [1.82, 2.24) is 0 Å². The Morgan fingerprint density at radius 2 is 2.24 bits per heavy atom. The summed E-state index contributed by atoms with van der Waals surface area (Å²) in [7, 11) is 1.39. The summed E-state index contributed by atoms with van der Waals surface area (Å²) in [5.41, 5.74) is 5.22. The van der Waals surface area contributed by atoms with Crippen LogP contribution in [0.4, 0.5) is 0 Å². The molecule has 0 heterocycles. The molecule has 0 radical (unpaired) electrons. The quantitative estimate of drug-likeness (QED) is 0.610. The number of hydrogen-bond acceptors (Lipinski definition) is 4. The summed E-state index contributed by atoms with van der Waals surface area (Å²) in [5.74, 6) is -0.309. The predicted octanol–water partition coefficient (Wildman–Crippen LogP) is 2.04. The van der Waals surface area contributed by atoms with Crippen molar-refractivity contribution >= 4 is 18.4 Å².